The van der Waals surface area contributed by atoms with E-state index in [-0.39, 0.29) is 11.8 Å². The van der Waals surface area contributed by atoms with Gasteiger partial charge in [-0.25, -0.2) is 18.1 Å². The zero-order valence-corrected chi connectivity index (χ0v) is 11.1. The quantitative estimate of drug-likeness (QED) is 0.879. The van der Waals surface area contributed by atoms with Gasteiger partial charge in [-0.05, 0) is 12.8 Å². The molecule has 0 saturated heterocycles. The average molecular weight is 260 g/mol. The smallest absolute Gasteiger partial charge is 0.216 e. The molecule has 0 atom stereocenters. The highest BCUT2D eigenvalue weighted by Gasteiger charge is 2.27. The molecule has 1 aliphatic carbocycles. The lowest BCUT2D eigenvalue weighted by molar-refractivity contribution is 0.580. The number of hydrogen-bond acceptors (Lipinski definition) is 4. The van der Waals surface area contributed by atoms with Crippen LogP contribution in [0.25, 0.3) is 0 Å². The maximum absolute atomic E-state index is 11.7. The number of nitrogens with zero attached hydrogens (tertiary/aromatic N) is 1. The van der Waals surface area contributed by atoms with Gasteiger partial charge in [0.05, 0.1) is 5.01 Å². The van der Waals surface area contributed by atoms with Crippen LogP contribution in [0.5, 0.6) is 0 Å². The van der Waals surface area contributed by atoms with Crippen molar-refractivity contribution in [2.45, 2.75) is 44.4 Å². The number of thiazole rings is 1. The predicted octanol–water partition coefficient (Wildman–Crippen LogP) is 1.85. The average Bonchev–Trinajstić information content (AvgIpc) is 2.80. The van der Waals surface area contributed by atoms with E-state index >= 15 is 0 Å². The van der Waals surface area contributed by atoms with Crippen LogP contribution in [0.3, 0.4) is 0 Å². The molecular formula is C10H16N2O2S2. The van der Waals surface area contributed by atoms with Crippen LogP contribution in [0.15, 0.2) is 6.20 Å². The normalized spacial score (nSPS) is 16.9. The summed E-state index contributed by atoms with van der Waals surface area (Å²) < 4.78 is 26.1. The Bertz CT molecular complexity index is 461. The first-order chi connectivity index (χ1) is 7.46. The van der Waals surface area contributed by atoms with Gasteiger partial charge in [0, 0.05) is 23.0 Å². The summed E-state index contributed by atoms with van der Waals surface area (Å²) >= 11 is 1.49. The molecular weight excluding hydrogens is 244 g/mol. The van der Waals surface area contributed by atoms with Gasteiger partial charge >= 0.3 is 0 Å². The Morgan fingerprint density at radius 3 is 2.75 bits per heavy atom. The van der Waals surface area contributed by atoms with Crippen LogP contribution in [-0.2, 0) is 15.8 Å². The Kier molecular flexibility index (Phi) is 3.32. The molecule has 1 aromatic heterocycles. The third-order valence-electron chi connectivity index (χ3n) is 2.32. The number of hydrogen-bond donors (Lipinski definition) is 1. The summed E-state index contributed by atoms with van der Waals surface area (Å²) in [6.45, 7) is 4.11. The Morgan fingerprint density at radius 1 is 1.56 bits per heavy atom. The van der Waals surface area contributed by atoms with Gasteiger partial charge in [0.25, 0.3) is 0 Å². The van der Waals surface area contributed by atoms with E-state index < -0.39 is 10.0 Å². The Morgan fingerprint density at radius 2 is 2.25 bits per heavy atom. The van der Waals surface area contributed by atoms with E-state index in [1.807, 2.05) is 0 Å². The molecule has 0 unspecified atom stereocenters. The fourth-order valence-electron chi connectivity index (χ4n) is 1.34. The highest BCUT2D eigenvalue weighted by atomic mass is 32.2. The summed E-state index contributed by atoms with van der Waals surface area (Å²) in [4.78, 5) is 5.04. The molecule has 90 valence electrons. The molecule has 1 fully saturated rings. The molecule has 0 spiro atoms. The highest BCUT2D eigenvalue weighted by Crippen LogP contribution is 2.24. The molecule has 1 aliphatic rings. The molecule has 16 heavy (non-hydrogen) atoms. The number of nitrogens with one attached hydrogen (secondary N) is 1. The molecule has 4 nitrogen and oxygen atoms in total. The van der Waals surface area contributed by atoms with Crippen molar-refractivity contribution in [3.8, 4) is 0 Å². The third kappa shape index (κ3) is 3.26. The van der Waals surface area contributed by atoms with Crippen molar-refractivity contribution in [2.75, 3.05) is 0 Å². The van der Waals surface area contributed by atoms with E-state index in [2.05, 4.69) is 23.6 Å². The molecule has 1 aromatic rings. The minimum absolute atomic E-state index is 0.0634. The van der Waals surface area contributed by atoms with Crippen molar-refractivity contribution < 1.29 is 8.42 Å². The van der Waals surface area contributed by atoms with E-state index in [0.717, 1.165) is 22.7 Å². The Hall–Kier alpha value is -0.460. The lowest BCUT2D eigenvalue weighted by atomic mass is 10.2. The van der Waals surface area contributed by atoms with E-state index in [1.165, 1.54) is 11.3 Å². The van der Waals surface area contributed by atoms with Crippen LogP contribution in [0.2, 0.25) is 0 Å². The van der Waals surface area contributed by atoms with Crippen LogP contribution in [0, 0.1) is 0 Å². The highest BCUT2D eigenvalue weighted by molar-refractivity contribution is 7.88. The molecule has 0 radical (unpaired) electrons. The van der Waals surface area contributed by atoms with Gasteiger partial charge < -0.3 is 0 Å². The molecule has 0 aromatic carbocycles. The van der Waals surface area contributed by atoms with Crippen molar-refractivity contribution in [2.24, 2.45) is 0 Å². The van der Waals surface area contributed by atoms with Gasteiger partial charge in [-0.1, -0.05) is 13.8 Å². The first-order valence-corrected chi connectivity index (χ1v) is 7.88. The van der Waals surface area contributed by atoms with Crippen molar-refractivity contribution in [1.29, 1.82) is 0 Å². The SMILES string of the molecule is CC(C)c1ncc(CS(=O)(=O)NC2CC2)s1. The first kappa shape index (κ1) is 12.0. The molecule has 1 N–H and O–H groups in total. The molecule has 0 amide bonds. The molecule has 2 rings (SSSR count). The lowest BCUT2D eigenvalue weighted by Gasteiger charge is -2.02. The fraction of sp³-hybridized carbons (Fsp3) is 0.700. The topological polar surface area (TPSA) is 59.1 Å². The fourth-order valence-corrected chi connectivity index (χ4v) is 4.03. The molecule has 0 bridgehead atoms. The summed E-state index contributed by atoms with van der Waals surface area (Å²) in [5.74, 6) is 0.422. The largest absolute Gasteiger partial charge is 0.249 e. The summed E-state index contributed by atoms with van der Waals surface area (Å²) in [5.41, 5.74) is 0. The van der Waals surface area contributed by atoms with E-state index in [9.17, 15) is 8.42 Å². The van der Waals surface area contributed by atoms with Gasteiger partial charge in [0.1, 0.15) is 5.75 Å². The summed E-state index contributed by atoms with van der Waals surface area (Å²) in [5, 5.41) is 0.997. The van der Waals surface area contributed by atoms with Gasteiger partial charge in [-0.3, -0.25) is 0 Å². The minimum Gasteiger partial charge on any atom is -0.249 e. The predicted molar refractivity (Wildman–Crippen MR) is 65.0 cm³/mol. The second-order valence-corrected chi connectivity index (χ2v) is 7.37. The molecule has 6 heteroatoms. The van der Waals surface area contributed by atoms with Crippen molar-refractivity contribution in [1.82, 2.24) is 9.71 Å². The molecule has 0 aliphatic heterocycles. The monoisotopic (exact) mass is 260 g/mol. The van der Waals surface area contributed by atoms with Crippen molar-refractivity contribution in [3.05, 3.63) is 16.1 Å². The maximum Gasteiger partial charge on any atom is 0.216 e. The number of rotatable bonds is 5. The summed E-state index contributed by atoms with van der Waals surface area (Å²) in [7, 11) is -3.16. The second-order valence-electron chi connectivity index (χ2n) is 4.47. The van der Waals surface area contributed by atoms with Crippen LogP contribution in [0.1, 0.15) is 42.5 Å². The van der Waals surface area contributed by atoms with E-state index in [0.29, 0.717) is 5.92 Å². The lowest BCUT2D eigenvalue weighted by Crippen LogP contribution is -2.26. The zero-order valence-electron chi connectivity index (χ0n) is 9.43. The van der Waals surface area contributed by atoms with Gasteiger partial charge in [-0.2, -0.15) is 0 Å². The van der Waals surface area contributed by atoms with Crippen LogP contribution >= 0.6 is 11.3 Å². The molecule has 1 saturated carbocycles. The van der Waals surface area contributed by atoms with Gasteiger partial charge in [0.2, 0.25) is 10.0 Å². The third-order valence-corrected chi connectivity index (χ3v) is 5.19. The minimum atomic E-state index is -3.16. The van der Waals surface area contributed by atoms with E-state index in [4.69, 9.17) is 0 Å². The van der Waals surface area contributed by atoms with Crippen LogP contribution in [-0.4, -0.2) is 19.4 Å². The Labute approximate surface area is 100 Å². The first-order valence-electron chi connectivity index (χ1n) is 5.41. The van der Waals surface area contributed by atoms with Gasteiger partial charge in [-0.15, -0.1) is 11.3 Å². The zero-order chi connectivity index (χ0) is 11.8. The maximum atomic E-state index is 11.7. The summed E-state index contributed by atoms with van der Waals surface area (Å²) in [6, 6.07) is 0.183. The standard InChI is InChI=1S/C10H16N2O2S2/c1-7(2)10-11-5-9(15-10)6-16(13,14)12-8-3-4-8/h5,7-8,12H,3-4,6H2,1-2H3. The Balaban J connectivity index is 2.01. The number of aromatic nitrogens is 1. The van der Waals surface area contributed by atoms with Crippen LogP contribution in [0.4, 0.5) is 0 Å². The van der Waals surface area contributed by atoms with Crippen LogP contribution < -0.4 is 4.72 Å². The van der Waals surface area contributed by atoms with E-state index in [1.54, 1.807) is 6.20 Å². The van der Waals surface area contributed by atoms with Crippen molar-refractivity contribution >= 4 is 21.4 Å². The second kappa shape index (κ2) is 4.43. The van der Waals surface area contributed by atoms with Crippen molar-refractivity contribution in [3.63, 3.8) is 0 Å². The summed E-state index contributed by atoms with van der Waals surface area (Å²) in [6.07, 6.45) is 3.62. The molecule has 1 heterocycles. The van der Waals surface area contributed by atoms with Gasteiger partial charge in [0.15, 0.2) is 0 Å². The number of sulfonamides is 1.